The average Bonchev–Trinajstić information content (AvgIpc) is 2.88. The Bertz CT molecular complexity index is 808. The molecular weight excluding hydrogens is 268 g/mol. The van der Waals surface area contributed by atoms with Crippen LogP contribution in [0.3, 0.4) is 0 Å². The molecule has 3 aromatic rings. The van der Waals surface area contributed by atoms with Gasteiger partial charge in [0.05, 0.1) is 11.9 Å². The fraction of sp³-hybridized carbons (Fsp3) is 0.125. The lowest BCUT2D eigenvalue weighted by Crippen LogP contribution is -2.03. The second-order valence-corrected chi connectivity index (χ2v) is 4.78. The number of carboxylic acid groups (broad SMARTS) is 1. The van der Waals surface area contributed by atoms with Gasteiger partial charge in [-0.15, -0.1) is 0 Å². The Balaban J connectivity index is 1.88. The third kappa shape index (κ3) is 2.58. The summed E-state index contributed by atoms with van der Waals surface area (Å²) in [5.41, 5.74) is 2.53. The van der Waals surface area contributed by atoms with Crippen LogP contribution in [0.5, 0.6) is 5.75 Å². The molecule has 21 heavy (non-hydrogen) atoms. The number of carbonyl (C=O) groups is 1. The molecule has 0 atom stereocenters. The standard InChI is InChI=1S/C16H14N2O3/c1-11-4-2-5-13(8-11)21-10-12-9-17-15-14(16(19)20)6-3-7-18(12)15/h2-9H,10H2,1H3,(H,19,20). The highest BCUT2D eigenvalue weighted by atomic mass is 16.5. The number of aryl methyl sites for hydroxylation is 1. The summed E-state index contributed by atoms with van der Waals surface area (Å²) >= 11 is 0. The third-order valence-electron chi connectivity index (χ3n) is 3.22. The maximum absolute atomic E-state index is 11.2. The second-order valence-electron chi connectivity index (χ2n) is 4.78. The summed E-state index contributed by atoms with van der Waals surface area (Å²) < 4.78 is 7.47. The molecule has 1 N–H and O–H groups in total. The minimum atomic E-state index is -0.989. The Morgan fingerprint density at radius 1 is 1.33 bits per heavy atom. The van der Waals surface area contributed by atoms with E-state index in [-0.39, 0.29) is 5.56 Å². The van der Waals surface area contributed by atoms with Crippen LogP contribution in [0.4, 0.5) is 0 Å². The Hall–Kier alpha value is -2.82. The van der Waals surface area contributed by atoms with E-state index in [0.29, 0.717) is 12.3 Å². The van der Waals surface area contributed by atoms with Crippen LogP contribution in [-0.2, 0) is 6.61 Å². The van der Waals surface area contributed by atoms with Crippen LogP contribution in [0.15, 0.2) is 48.8 Å². The number of ether oxygens (including phenoxy) is 1. The fourth-order valence-electron chi connectivity index (χ4n) is 2.20. The third-order valence-corrected chi connectivity index (χ3v) is 3.22. The normalized spacial score (nSPS) is 10.7. The molecule has 0 amide bonds. The number of hydrogen-bond acceptors (Lipinski definition) is 3. The maximum Gasteiger partial charge on any atom is 0.339 e. The monoisotopic (exact) mass is 282 g/mol. The molecule has 0 aliphatic rings. The summed E-state index contributed by atoms with van der Waals surface area (Å²) in [7, 11) is 0. The molecule has 0 bridgehead atoms. The van der Waals surface area contributed by atoms with Gasteiger partial charge in [-0.1, -0.05) is 12.1 Å². The van der Waals surface area contributed by atoms with E-state index in [0.717, 1.165) is 17.0 Å². The van der Waals surface area contributed by atoms with E-state index in [1.165, 1.54) is 6.07 Å². The molecule has 1 aromatic carbocycles. The highest BCUT2D eigenvalue weighted by molar-refractivity contribution is 5.94. The molecule has 0 radical (unpaired) electrons. The van der Waals surface area contributed by atoms with Crippen LogP contribution < -0.4 is 4.74 Å². The van der Waals surface area contributed by atoms with Gasteiger partial charge < -0.3 is 9.84 Å². The van der Waals surface area contributed by atoms with Gasteiger partial charge in [-0.05, 0) is 36.8 Å². The Morgan fingerprint density at radius 3 is 2.95 bits per heavy atom. The molecule has 0 spiro atoms. The number of rotatable bonds is 4. The number of carboxylic acids is 1. The summed E-state index contributed by atoms with van der Waals surface area (Å²) in [6.07, 6.45) is 3.42. The number of nitrogens with zero attached hydrogens (tertiary/aromatic N) is 2. The summed E-state index contributed by atoms with van der Waals surface area (Å²) in [6, 6.07) is 11.0. The van der Waals surface area contributed by atoms with E-state index in [9.17, 15) is 4.79 Å². The van der Waals surface area contributed by atoms with Crippen LogP contribution >= 0.6 is 0 Å². The van der Waals surface area contributed by atoms with Gasteiger partial charge in [-0.2, -0.15) is 0 Å². The largest absolute Gasteiger partial charge is 0.487 e. The summed E-state index contributed by atoms with van der Waals surface area (Å²) in [5.74, 6) is -0.211. The number of hydrogen-bond donors (Lipinski definition) is 1. The lowest BCUT2D eigenvalue weighted by atomic mass is 10.2. The molecule has 0 aliphatic heterocycles. The number of benzene rings is 1. The average molecular weight is 282 g/mol. The van der Waals surface area contributed by atoms with E-state index in [2.05, 4.69) is 4.98 Å². The van der Waals surface area contributed by atoms with Crippen molar-refractivity contribution in [3.05, 3.63) is 65.6 Å². The van der Waals surface area contributed by atoms with Gasteiger partial charge in [0.2, 0.25) is 0 Å². The summed E-state index contributed by atoms with van der Waals surface area (Å²) in [6.45, 7) is 2.33. The van der Waals surface area contributed by atoms with Gasteiger partial charge in [0, 0.05) is 6.20 Å². The zero-order valence-electron chi connectivity index (χ0n) is 11.5. The molecule has 3 rings (SSSR count). The first-order chi connectivity index (χ1) is 10.1. The molecule has 0 saturated carbocycles. The van der Waals surface area contributed by atoms with Crippen molar-refractivity contribution in [1.29, 1.82) is 0 Å². The van der Waals surface area contributed by atoms with Gasteiger partial charge in [0.25, 0.3) is 0 Å². The maximum atomic E-state index is 11.2. The Morgan fingerprint density at radius 2 is 2.19 bits per heavy atom. The van der Waals surface area contributed by atoms with E-state index in [1.54, 1.807) is 22.9 Å². The van der Waals surface area contributed by atoms with E-state index in [4.69, 9.17) is 9.84 Å². The Kier molecular flexibility index (Phi) is 3.31. The lowest BCUT2D eigenvalue weighted by molar-refractivity contribution is 0.0698. The number of pyridine rings is 1. The highest BCUT2D eigenvalue weighted by Gasteiger charge is 2.12. The van der Waals surface area contributed by atoms with Crippen molar-refractivity contribution in [2.45, 2.75) is 13.5 Å². The fourth-order valence-corrected chi connectivity index (χ4v) is 2.20. The molecule has 2 heterocycles. The van der Waals surface area contributed by atoms with Crippen LogP contribution in [0.1, 0.15) is 21.6 Å². The van der Waals surface area contributed by atoms with E-state index < -0.39 is 5.97 Å². The van der Waals surface area contributed by atoms with Crippen LogP contribution in [0.25, 0.3) is 5.65 Å². The molecule has 5 nitrogen and oxygen atoms in total. The Labute approximate surface area is 121 Å². The molecule has 5 heteroatoms. The first-order valence-corrected chi connectivity index (χ1v) is 6.53. The van der Waals surface area contributed by atoms with Gasteiger partial charge in [-0.25, -0.2) is 9.78 Å². The van der Waals surface area contributed by atoms with Gasteiger partial charge in [-0.3, -0.25) is 4.40 Å². The highest BCUT2D eigenvalue weighted by Crippen LogP contribution is 2.16. The van der Waals surface area contributed by atoms with Gasteiger partial charge >= 0.3 is 5.97 Å². The predicted molar refractivity (Wildman–Crippen MR) is 77.7 cm³/mol. The molecule has 2 aromatic heterocycles. The molecule has 0 saturated heterocycles. The summed E-state index contributed by atoms with van der Waals surface area (Å²) in [4.78, 5) is 15.3. The first kappa shape index (κ1) is 13.2. The van der Waals surface area contributed by atoms with Crippen molar-refractivity contribution in [3.8, 4) is 5.75 Å². The van der Waals surface area contributed by atoms with Gasteiger partial charge in [0.15, 0.2) is 5.65 Å². The SMILES string of the molecule is Cc1cccc(OCc2cnc3c(C(=O)O)cccn23)c1. The molecule has 0 aliphatic carbocycles. The summed E-state index contributed by atoms with van der Waals surface area (Å²) in [5, 5.41) is 9.15. The number of aromatic nitrogens is 2. The number of aromatic carboxylic acids is 1. The smallest absolute Gasteiger partial charge is 0.339 e. The van der Waals surface area contributed by atoms with Gasteiger partial charge in [0.1, 0.15) is 17.9 Å². The van der Waals surface area contributed by atoms with Crippen LogP contribution in [0, 0.1) is 6.92 Å². The number of imidazole rings is 1. The van der Waals surface area contributed by atoms with Crippen molar-refractivity contribution in [2.75, 3.05) is 0 Å². The molecule has 0 unspecified atom stereocenters. The number of fused-ring (bicyclic) bond motifs is 1. The topological polar surface area (TPSA) is 63.8 Å². The van der Waals surface area contributed by atoms with Crippen LogP contribution in [0.2, 0.25) is 0 Å². The zero-order chi connectivity index (χ0) is 14.8. The second kappa shape index (κ2) is 5.28. The van der Waals surface area contributed by atoms with Crippen LogP contribution in [-0.4, -0.2) is 20.5 Å². The predicted octanol–water partition coefficient (Wildman–Crippen LogP) is 2.92. The lowest BCUT2D eigenvalue weighted by Gasteiger charge is -2.07. The minimum Gasteiger partial charge on any atom is -0.487 e. The van der Waals surface area contributed by atoms with Crippen molar-refractivity contribution < 1.29 is 14.6 Å². The quantitative estimate of drug-likeness (QED) is 0.799. The van der Waals surface area contributed by atoms with E-state index in [1.807, 2.05) is 31.2 Å². The molecular formula is C16H14N2O3. The van der Waals surface area contributed by atoms with Crippen molar-refractivity contribution in [2.24, 2.45) is 0 Å². The van der Waals surface area contributed by atoms with Crippen molar-refractivity contribution in [1.82, 2.24) is 9.38 Å². The van der Waals surface area contributed by atoms with Crippen molar-refractivity contribution in [3.63, 3.8) is 0 Å². The molecule has 106 valence electrons. The first-order valence-electron chi connectivity index (χ1n) is 6.53. The van der Waals surface area contributed by atoms with E-state index >= 15 is 0 Å². The minimum absolute atomic E-state index is 0.180. The zero-order valence-corrected chi connectivity index (χ0v) is 11.5. The van der Waals surface area contributed by atoms with Crippen molar-refractivity contribution >= 4 is 11.6 Å². The molecule has 0 fully saturated rings.